The lowest BCUT2D eigenvalue weighted by Gasteiger charge is -2.38. The molecule has 0 aromatic carbocycles. The fourth-order valence-electron chi connectivity index (χ4n) is 3.55. The van der Waals surface area contributed by atoms with Gasteiger partial charge in [-0.3, -0.25) is 19.7 Å². The predicted octanol–water partition coefficient (Wildman–Crippen LogP) is 4.49. The third-order valence-electron chi connectivity index (χ3n) is 6.09. The summed E-state index contributed by atoms with van der Waals surface area (Å²) in [5.41, 5.74) is 1.24. The first-order valence-electron chi connectivity index (χ1n) is 14.7. The Morgan fingerprint density at radius 2 is 1.81 bits per heavy atom. The molecular formula is C33H62N8O2. The number of amidine groups is 1. The van der Waals surface area contributed by atoms with E-state index in [1.807, 2.05) is 27.0 Å². The van der Waals surface area contributed by atoms with Crippen molar-refractivity contribution in [1.29, 1.82) is 0 Å². The number of aliphatic hydroxyl groups is 1. The van der Waals surface area contributed by atoms with Crippen molar-refractivity contribution >= 4 is 18.5 Å². The second-order valence-electron chi connectivity index (χ2n) is 9.82. The molecule has 0 fully saturated rings. The number of carbonyl (C=O) groups excluding carboxylic acids is 1. The summed E-state index contributed by atoms with van der Waals surface area (Å²) >= 11 is 0. The van der Waals surface area contributed by atoms with Gasteiger partial charge in [-0.25, -0.2) is 10.0 Å². The molecule has 0 radical (unpaired) electrons. The van der Waals surface area contributed by atoms with Crippen molar-refractivity contribution in [3.05, 3.63) is 74.3 Å². The number of hydrogen-bond donors (Lipinski definition) is 4. The number of carbonyl (C=O) groups is 1. The first kappa shape index (κ1) is 44.0. The molecule has 10 nitrogen and oxygen atoms in total. The number of likely N-dealkylation sites (N-methyl/N-ethyl adjacent to an activating group) is 4. The number of aliphatic imine (C=N–C) groups is 2. The van der Waals surface area contributed by atoms with Gasteiger partial charge < -0.3 is 21.1 Å². The van der Waals surface area contributed by atoms with Gasteiger partial charge in [0.05, 0.1) is 12.2 Å². The average Bonchev–Trinajstić information content (AvgIpc) is 2.98. The van der Waals surface area contributed by atoms with Crippen LogP contribution in [-0.4, -0.2) is 104 Å². The largest absolute Gasteiger partial charge is 0.390 e. The van der Waals surface area contributed by atoms with E-state index >= 15 is 0 Å². The normalized spacial score (nSPS) is 14.0. The van der Waals surface area contributed by atoms with E-state index in [-0.39, 0.29) is 5.91 Å². The lowest BCUT2D eigenvalue weighted by molar-refractivity contribution is -0.137. The zero-order chi connectivity index (χ0) is 34.0. The van der Waals surface area contributed by atoms with Crippen LogP contribution in [0.2, 0.25) is 0 Å². The summed E-state index contributed by atoms with van der Waals surface area (Å²) in [6.45, 7) is 38.3. The Morgan fingerprint density at radius 3 is 2.23 bits per heavy atom. The predicted molar refractivity (Wildman–Crippen MR) is 188 cm³/mol. The number of hydrazine groups is 1. The van der Waals surface area contributed by atoms with Gasteiger partial charge in [0.15, 0.2) is 0 Å². The van der Waals surface area contributed by atoms with Crippen LogP contribution in [0.4, 0.5) is 0 Å². The van der Waals surface area contributed by atoms with Crippen LogP contribution in [0.15, 0.2) is 84.3 Å². The van der Waals surface area contributed by atoms with Gasteiger partial charge in [0.2, 0.25) is 0 Å². The molecule has 0 aliphatic carbocycles. The van der Waals surface area contributed by atoms with Gasteiger partial charge in [0, 0.05) is 50.2 Å². The van der Waals surface area contributed by atoms with Crippen molar-refractivity contribution in [2.45, 2.75) is 66.5 Å². The van der Waals surface area contributed by atoms with Crippen molar-refractivity contribution in [3.63, 3.8) is 0 Å². The molecule has 1 aliphatic rings. The Labute approximate surface area is 263 Å². The molecule has 1 amide bonds. The van der Waals surface area contributed by atoms with Gasteiger partial charge in [-0.05, 0) is 68.3 Å². The first-order chi connectivity index (χ1) is 20.3. The molecule has 1 aliphatic heterocycles. The number of nitrogens with zero attached hydrogens (tertiary/aromatic N) is 5. The standard InChI is InChI=1S/C14H24N4O2.C14H28N4.C3H6.C2H4/c1-7-17-13(19)8-12(15-6)9-18(17)11(3)16-10(2)14(4,5)20;1-6-14(18(7-2)11-10-15-4)9-8-13(3)17-12-16-5;1-3-2;1-2/h8,15,20H,2,7,9H2,1,3-6H3;6,8,14-15,17H,1,5,7,9-12H2,2-4H3;3H,1H2,2H3;1-2H2/b;13-8+;;. The lowest BCUT2D eigenvalue weighted by Crippen LogP contribution is -2.53. The molecule has 1 heterocycles. The Bertz CT molecular complexity index is 918. The van der Waals surface area contributed by atoms with Crippen molar-refractivity contribution < 1.29 is 9.90 Å². The summed E-state index contributed by atoms with van der Waals surface area (Å²) in [5, 5.41) is 22.6. The minimum atomic E-state index is -1.08. The summed E-state index contributed by atoms with van der Waals surface area (Å²) < 4.78 is 0. The molecule has 1 atom stereocenters. The zero-order valence-corrected chi connectivity index (χ0v) is 28.7. The first-order valence-corrected chi connectivity index (χ1v) is 14.7. The van der Waals surface area contributed by atoms with Crippen LogP contribution in [0, 0.1) is 0 Å². The van der Waals surface area contributed by atoms with Crippen LogP contribution in [-0.2, 0) is 4.79 Å². The molecule has 0 saturated carbocycles. The smallest absolute Gasteiger partial charge is 0.266 e. The molecule has 4 N–H and O–H groups in total. The van der Waals surface area contributed by atoms with Crippen molar-refractivity contribution in [2.24, 2.45) is 9.98 Å². The van der Waals surface area contributed by atoms with Crippen LogP contribution >= 0.6 is 0 Å². The molecule has 0 spiro atoms. The van der Waals surface area contributed by atoms with Crippen LogP contribution in [0.25, 0.3) is 0 Å². The van der Waals surface area contributed by atoms with Gasteiger partial charge in [-0.2, -0.15) is 0 Å². The molecule has 246 valence electrons. The quantitative estimate of drug-likeness (QED) is 0.124. The lowest BCUT2D eigenvalue weighted by atomic mass is 10.1. The van der Waals surface area contributed by atoms with E-state index < -0.39 is 5.60 Å². The highest BCUT2D eigenvalue weighted by Gasteiger charge is 2.27. The highest BCUT2D eigenvalue weighted by atomic mass is 16.3. The second kappa shape index (κ2) is 26.2. The van der Waals surface area contributed by atoms with Crippen LogP contribution in [0.5, 0.6) is 0 Å². The highest BCUT2D eigenvalue weighted by Crippen LogP contribution is 2.17. The average molecular weight is 603 g/mol. The molecule has 0 aromatic rings. The van der Waals surface area contributed by atoms with Crippen LogP contribution in [0.3, 0.4) is 0 Å². The minimum Gasteiger partial charge on any atom is -0.390 e. The van der Waals surface area contributed by atoms with Gasteiger partial charge in [0.1, 0.15) is 18.1 Å². The molecule has 0 saturated heterocycles. The number of amides is 1. The van der Waals surface area contributed by atoms with Gasteiger partial charge in [0.25, 0.3) is 5.91 Å². The van der Waals surface area contributed by atoms with Crippen LogP contribution < -0.4 is 16.0 Å². The molecular weight excluding hydrogens is 540 g/mol. The maximum Gasteiger partial charge on any atom is 0.266 e. The van der Waals surface area contributed by atoms with Gasteiger partial charge >= 0.3 is 0 Å². The highest BCUT2D eigenvalue weighted by molar-refractivity contribution is 5.92. The fourth-order valence-corrected chi connectivity index (χ4v) is 3.55. The number of nitrogens with one attached hydrogen (secondary N) is 3. The summed E-state index contributed by atoms with van der Waals surface area (Å²) in [5.74, 6) is 0.527. The van der Waals surface area contributed by atoms with E-state index in [1.165, 1.54) is 0 Å². The third kappa shape index (κ3) is 19.4. The van der Waals surface area contributed by atoms with Crippen molar-refractivity contribution in [2.75, 3.05) is 53.5 Å². The van der Waals surface area contributed by atoms with Crippen molar-refractivity contribution in [1.82, 2.24) is 30.9 Å². The van der Waals surface area contributed by atoms with Gasteiger partial charge in [-0.15, -0.1) is 26.3 Å². The van der Waals surface area contributed by atoms with Crippen molar-refractivity contribution in [3.8, 4) is 0 Å². The van der Waals surface area contributed by atoms with E-state index in [2.05, 4.69) is 90.4 Å². The Hall–Kier alpha value is -3.47. The molecule has 0 aromatic heterocycles. The minimum absolute atomic E-state index is 0.0912. The Balaban J connectivity index is -0.000000650. The second-order valence-corrected chi connectivity index (χ2v) is 9.82. The van der Waals surface area contributed by atoms with Gasteiger partial charge in [-0.1, -0.05) is 31.7 Å². The van der Waals surface area contributed by atoms with E-state index in [9.17, 15) is 9.90 Å². The molecule has 0 bridgehead atoms. The topological polar surface area (TPSA) is 108 Å². The monoisotopic (exact) mass is 602 g/mol. The molecule has 1 rings (SSSR count). The van der Waals surface area contributed by atoms with E-state index in [1.54, 1.807) is 50.0 Å². The third-order valence-corrected chi connectivity index (χ3v) is 6.09. The fraction of sp³-hybridized carbons (Fsp3) is 0.545. The molecule has 1 unspecified atom stereocenters. The number of rotatable bonds is 15. The van der Waals surface area contributed by atoms with Crippen LogP contribution in [0.1, 0.15) is 54.9 Å². The Morgan fingerprint density at radius 1 is 1.23 bits per heavy atom. The molecule has 43 heavy (non-hydrogen) atoms. The number of hydrogen-bond acceptors (Lipinski definition) is 8. The van der Waals surface area contributed by atoms with E-state index in [0.29, 0.717) is 37.3 Å². The van der Waals surface area contributed by atoms with E-state index in [4.69, 9.17) is 0 Å². The zero-order valence-electron chi connectivity index (χ0n) is 28.7. The summed E-state index contributed by atoms with van der Waals surface area (Å²) in [6, 6.07) is 0.386. The summed E-state index contributed by atoms with van der Waals surface area (Å²) in [4.78, 5) is 22.5. The Kier molecular flexibility index (Phi) is 26.8. The maximum atomic E-state index is 12.0. The number of allylic oxidation sites excluding steroid dienone is 2. The SMILES string of the molecule is C=C.C=C(N=C(C)N1CC(NC)=CC(=O)N1CC)C(C)(C)O.C=CC.C=CC(C/C=C(\C)NCN=C)N(CC)CCNC. The van der Waals surface area contributed by atoms with E-state index in [0.717, 1.165) is 37.4 Å². The summed E-state index contributed by atoms with van der Waals surface area (Å²) in [7, 11) is 3.76. The molecule has 10 heteroatoms. The summed E-state index contributed by atoms with van der Waals surface area (Å²) in [6.07, 6.45) is 8.52. The maximum absolute atomic E-state index is 12.0.